The second-order valence-corrected chi connectivity index (χ2v) is 3.00. The number of methoxy groups -OCH3 is 1. The van der Waals surface area contributed by atoms with E-state index in [0.717, 1.165) is 0 Å². The molecule has 0 aliphatic rings. The molecule has 5 nitrogen and oxygen atoms in total. The Balaban J connectivity index is 3.03. The van der Waals surface area contributed by atoms with Crippen LogP contribution in [0.5, 0.6) is 5.75 Å². The first-order chi connectivity index (χ1) is 6.67. The molecule has 1 N–H and O–H groups in total. The first-order valence-electron chi connectivity index (χ1n) is 4.22. The average Bonchev–Trinajstić information content (AvgIpc) is 2.16. The fourth-order valence-corrected chi connectivity index (χ4v) is 0.942. The van der Waals surface area contributed by atoms with Gasteiger partial charge in [-0.2, -0.15) is 4.98 Å². The van der Waals surface area contributed by atoms with Crippen molar-refractivity contribution >= 4 is 11.8 Å². The maximum absolute atomic E-state index is 6.78. The first kappa shape index (κ1) is 10.3. The molecule has 0 saturated heterocycles. The van der Waals surface area contributed by atoms with Gasteiger partial charge in [0.05, 0.1) is 7.11 Å². The van der Waals surface area contributed by atoms with Gasteiger partial charge in [-0.05, 0) is 13.8 Å². The van der Waals surface area contributed by atoms with E-state index in [2.05, 4.69) is 20.1 Å². The van der Waals surface area contributed by atoms with Crippen molar-refractivity contribution in [3.05, 3.63) is 17.6 Å². The van der Waals surface area contributed by atoms with Gasteiger partial charge in [-0.1, -0.05) is 0 Å². The Kier molecular flexibility index (Phi) is 3.24. The predicted octanol–water partition coefficient (Wildman–Crippen LogP) is 1.86. The summed E-state index contributed by atoms with van der Waals surface area (Å²) >= 11 is 0. The fourth-order valence-electron chi connectivity index (χ4n) is 0.942. The van der Waals surface area contributed by atoms with Crippen LogP contribution in [0.15, 0.2) is 6.20 Å². The number of anilines is 1. The lowest BCUT2D eigenvalue weighted by Crippen LogP contribution is -2.12. The van der Waals surface area contributed by atoms with Gasteiger partial charge in [-0.25, -0.2) is 0 Å². The molecular weight excluding hydrogens is 180 g/mol. The largest absolute Gasteiger partial charge is 0.489 e. The van der Waals surface area contributed by atoms with Crippen LogP contribution in [0.4, 0.5) is 11.8 Å². The minimum absolute atomic E-state index is 0.119. The van der Waals surface area contributed by atoms with Crippen LogP contribution in [0.1, 0.15) is 13.8 Å². The number of nitrogens with one attached hydrogen (secondary N) is 1. The minimum atomic E-state index is 0.119. The molecule has 0 amide bonds. The Morgan fingerprint density at radius 2 is 2.29 bits per heavy atom. The summed E-state index contributed by atoms with van der Waals surface area (Å²) in [6.07, 6.45) is 1.49. The smallest absolute Gasteiger partial charge is 0.373 e. The molecule has 14 heavy (non-hydrogen) atoms. The fraction of sp³-hybridized carbons (Fsp3) is 0.444. The molecule has 5 heteroatoms. The van der Waals surface area contributed by atoms with Gasteiger partial charge in [0.25, 0.3) is 0 Å². The van der Waals surface area contributed by atoms with E-state index in [0.29, 0.717) is 11.6 Å². The highest BCUT2D eigenvalue weighted by Crippen LogP contribution is 2.23. The Labute approximate surface area is 83.0 Å². The lowest BCUT2D eigenvalue weighted by Gasteiger charge is -2.09. The maximum Gasteiger partial charge on any atom is 0.373 e. The van der Waals surface area contributed by atoms with E-state index in [4.69, 9.17) is 11.3 Å². The molecule has 0 aliphatic heterocycles. The van der Waals surface area contributed by atoms with Gasteiger partial charge >= 0.3 is 5.95 Å². The number of ether oxygens (including phenoxy) is 1. The molecule has 0 spiro atoms. The molecule has 0 bridgehead atoms. The highest BCUT2D eigenvalue weighted by molar-refractivity contribution is 5.52. The van der Waals surface area contributed by atoms with Crippen LogP contribution >= 0.6 is 0 Å². The van der Waals surface area contributed by atoms with Crippen LogP contribution < -0.4 is 10.1 Å². The number of hydrogen-bond donors (Lipinski definition) is 1. The summed E-state index contributed by atoms with van der Waals surface area (Å²) in [5, 5.41) is 3.08. The molecule has 74 valence electrons. The van der Waals surface area contributed by atoms with Crippen molar-refractivity contribution in [2.45, 2.75) is 19.9 Å². The number of aromatic nitrogens is 2. The molecule has 0 radical (unpaired) electrons. The minimum Gasteiger partial charge on any atom is -0.489 e. The van der Waals surface area contributed by atoms with Gasteiger partial charge < -0.3 is 14.9 Å². The summed E-state index contributed by atoms with van der Waals surface area (Å²) < 4.78 is 5.06. The Bertz CT molecular complexity index is 356. The SMILES string of the molecule is [C-]#[N+]c1ncc(OC)c(NC(C)C)n1. The Hall–Kier alpha value is -1.83. The van der Waals surface area contributed by atoms with Crippen molar-refractivity contribution in [1.82, 2.24) is 9.97 Å². The summed E-state index contributed by atoms with van der Waals surface area (Å²) in [4.78, 5) is 11.0. The van der Waals surface area contributed by atoms with Gasteiger partial charge in [0.15, 0.2) is 0 Å². The highest BCUT2D eigenvalue weighted by atomic mass is 16.5. The normalized spacial score (nSPS) is 9.64. The van der Waals surface area contributed by atoms with Crippen LogP contribution in [-0.4, -0.2) is 23.1 Å². The maximum atomic E-state index is 6.78. The number of hydrogen-bond acceptors (Lipinski definition) is 4. The van der Waals surface area contributed by atoms with Crippen molar-refractivity contribution in [2.24, 2.45) is 0 Å². The van der Waals surface area contributed by atoms with E-state index < -0.39 is 0 Å². The highest BCUT2D eigenvalue weighted by Gasteiger charge is 2.11. The molecule has 0 atom stereocenters. The topological polar surface area (TPSA) is 51.4 Å². The van der Waals surface area contributed by atoms with Crippen molar-refractivity contribution < 1.29 is 4.74 Å². The van der Waals surface area contributed by atoms with E-state index in [1.165, 1.54) is 6.20 Å². The van der Waals surface area contributed by atoms with Gasteiger partial charge in [0.2, 0.25) is 11.6 Å². The zero-order valence-electron chi connectivity index (χ0n) is 8.40. The molecule has 1 rings (SSSR count). The third-order valence-corrected chi connectivity index (χ3v) is 1.49. The lowest BCUT2D eigenvalue weighted by molar-refractivity contribution is 0.412. The summed E-state index contributed by atoms with van der Waals surface area (Å²) in [7, 11) is 1.54. The van der Waals surface area contributed by atoms with Crippen molar-refractivity contribution in [2.75, 3.05) is 12.4 Å². The van der Waals surface area contributed by atoms with Crippen molar-refractivity contribution in [1.29, 1.82) is 0 Å². The summed E-state index contributed by atoms with van der Waals surface area (Å²) in [6, 6.07) is 0.234. The molecule has 0 aliphatic carbocycles. The van der Waals surface area contributed by atoms with E-state index in [1.54, 1.807) is 7.11 Å². The molecule has 0 fully saturated rings. The average molecular weight is 192 g/mol. The summed E-state index contributed by atoms with van der Waals surface area (Å²) in [5.41, 5.74) is 0. The van der Waals surface area contributed by atoms with Gasteiger partial charge in [0.1, 0.15) is 6.20 Å². The third-order valence-electron chi connectivity index (χ3n) is 1.49. The van der Waals surface area contributed by atoms with Crippen molar-refractivity contribution in [3.8, 4) is 5.75 Å². The predicted molar refractivity (Wildman–Crippen MR) is 53.6 cm³/mol. The van der Waals surface area contributed by atoms with Crippen LogP contribution in [0.2, 0.25) is 0 Å². The summed E-state index contributed by atoms with van der Waals surface area (Å²) in [5.74, 6) is 1.23. The van der Waals surface area contributed by atoms with Crippen LogP contribution in [0, 0.1) is 6.57 Å². The Morgan fingerprint density at radius 1 is 1.57 bits per heavy atom. The van der Waals surface area contributed by atoms with Crippen molar-refractivity contribution in [3.63, 3.8) is 0 Å². The standard InChI is InChI=1S/C9H12N4O/c1-6(2)12-8-7(14-4)5-11-9(10-3)13-8/h5-6H,1-2,4H3,(H,11,12,13). The first-order valence-corrected chi connectivity index (χ1v) is 4.22. The molecule has 1 aromatic heterocycles. The van der Waals surface area contributed by atoms with E-state index in [-0.39, 0.29) is 12.0 Å². The zero-order valence-corrected chi connectivity index (χ0v) is 8.40. The molecule has 0 saturated carbocycles. The molecular formula is C9H12N4O. The van der Waals surface area contributed by atoms with Gasteiger partial charge in [-0.3, -0.25) is 0 Å². The Morgan fingerprint density at radius 3 is 2.79 bits per heavy atom. The van der Waals surface area contributed by atoms with Crippen LogP contribution in [0.25, 0.3) is 4.85 Å². The third kappa shape index (κ3) is 2.33. The van der Waals surface area contributed by atoms with Gasteiger partial charge in [0, 0.05) is 6.04 Å². The van der Waals surface area contributed by atoms with Crippen LogP contribution in [-0.2, 0) is 0 Å². The van der Waals surface area contributed by atoms with Crippen LogP contribution in [0.3, 0.4) is 0 Å². The molecule has 0 unspecified atom stereocenters. The van der Waals surface area contributed by atoms with E-state index >= 15 is 0 Å². The quantitative estimate of drug-likeness (QED) is 0.742. The number of rotatable bonds is 3. The molecule has 1 aromatic rings. The van der Waals surface area contributed by atoms with E-state index in [1.807, 2.05) is 13.8 Å². The van der Waals surface area contributed by atoms with E-state index in [9.17, 15) is 0 Å². The number of nitrogens with zero attached hydrogens (tertiary/aromatic N) is 3. The monoisotopic (exact) mass is 192 g/mol. The second-order valence-electron chi connectivity index (χ2n) is 3.00. The zero-order chi connectivity index (χ0) is 10.6. The second kappa shape index (κ2) is 4.42. The molecule has 0 aromatic carbocycles. The van der Waals surface area contributed by atoms with Gasteiger partial charge in [-0.15, -0.1) is 11.6 Å². The molecule has 1 heterocycles. The lowest BCUT2D eigenvalue weighted by atomic mass is 10.4. The summed E-state index contributed by atoms with van der Waals surface area (Å²) in [6.45, 7) is 10.8.